The molecular formula is C28H38FNO5S2. The van der Waals surface area contributed by atoms with E-state index >= 15 is 0 Å². The molecule has 9 heteroatoms. The van der Waals surface area contributed by atoms with E-state index in [1.54, 1.807) is 45.2 Å². The Morgan fingerprint density at radius 1 is 1.16 bits per heavy atom. The zero-order valence-corrected chi connectivity index (χ0v) is 24.2. The van der Waals surface area contributed by atoms with E-state index in [0.29, 0.717) is 35.7 Å². The minimum absolute atomic E-state index is 0.0355. The number of benzene rings is 2. The number of nitrogens with zero attached hydrogens (tertiary/aromatic N) is 1. The van der Waals surface area contributed by atoms with Crippen molar-refractivity contribution in [1.29, 1.82) is 0 Å². The number of unbranched alkanes of at least 4 members (excludes halogenated alkanes) is 1. The average molecular weight is 552 g/mol. The molecule has 3 rings (SSSR count). The van der Waals surface area contributed by atoms with E-state index in [-0.39, 0.29) is 22.4 Å². The van der Waals surface area contributed by atoms with E-state index in [1.807, 2.05) is 11.8 Å². The molecule has 0 aliphatic carbocycles. The van der Waals surface area contributed by atoms with Crippen molar-refractivity contribution < 1.29 is 27.1 Å². The SMILES string of the molecule is CCCCC1(CC)CN(c2ccc(F)cc2)c2cc(OC)c(CSC(C)(C)C(=O)OC)cc2S(=O)(=O)C1. The van der Waals surface area contributed by atoms with Gasteiger partial charge in [0.05, 0.1) is 30.6 Å². The molecular weight excluding hydrogens is 513 g/mol. The summed E-state index contributed by atoms with van der Waals surface area (Å²) in [5.41, 5.74) is 1.47. The summed E-state index contributed by atoms with van der Waals surface area (Å²) in [6, 6.07) is 9.62. The van der Waals surface area contributed by atoms with E-state index in [9.17, 15) is 17.6 Å². The molecule has 6 nitrogen and oxygen atoms in total. The lowest BCUT2D eigenvalue weighted by atomic mass is 9.81. The smallest absolute Gasteiger partial charge is 0.321 e. The molecule has 1 aliphatic rings. The number of carbonyl (C=O) groups excluding carboxylic acids is 1. The van der Waals surface area contributed by atoms with Gasteiger partial charge in [-0.05, 0) is 57.0 Å². The zero-order chi connectivity index (χ0) is 27.4. The Morgan fingerprint density at radius 2 is 1.84 bits per heavy atom. The Bertz CT molecular complexity index is 1210. The number of rotatable bonds is 10. The second kappa shape index (κ2) is 11.6. The zero-order valence-electron chi connectivity index (χ0n) is 22.6. The molecule has 0 bridgehead atoms. The first-order chi connectivity index (χ1) is 17.4. The van der Waals surface area contributed by atoms with Crippen LogP contribution >= 0.6 is 11.8 Å². The van der Waals surface area contributed by atoms with Crippen molar-refractivity contribution in [2.45, 2.75) is 68.8 Å². The number of halogens is 1. The second-order valence-corrected chi connectivity index (χ2v) is 13.8. The Labute approximate surface area is 224 Å². The number of esters is 1. The van der Waals surface area contributed by atoms with Gasteiger partial charge in [-0.1, -0.05) is 26.7 Å². The molecule has 1 heterocycles. The first-order valence-electron chi connectivity index (χ1n) is 12.6. The number of ether oxygens (including phenoxy) is 2. The fourth-order valence-electron chi connectivity index (χ4n) is 4.81. The molecule has 0 N–H and O–H groups in total. The molecule has 1 atom stereocenters. The summed E-state index contributed by atoms with van der Waals surface area (Å²) < 4.78 is 51.5. The van der Waals surface area contributed by atoms with Gasteiger partial charge in [0.15, 0.2) is 9.84 Å². The minimum atomic E-state index is -3.67. The maximum atomic E-state index is 14.0. The highest BCUT2D eigenvalue weighted by Gasteiger charge is 2.42. The maximum Gasteiger partial charge on any atom is 0.321 e. The van der Waals surface area contributed by atoms with Gasteiger partial charge in [-0.15, -0.1) is 11.8 Å². The Hall–Kier alpha value is -2.26. The van der Waals surface area contributed by atoms with Gasteiger partial charge >= 0.3 is 5.97 Å². The summed E-state index contributed by atoms with van der Waals surface area (Å²) in [6.07, 6.45) is 3.37. The highest BCUT2D eigenvalue weighted by molar-refractivity contribution is 8.00. The van der Waals surface area contributed by atoms with E-state index in [4.69, 9.17) is 9.47 Å². The van der Waals surface area contributed by atoms with Crippen LogP contribution < -0.4 is 9.64 Å². The van der Waals surface area contributed by atoms with Crippen LogP contribution in [-0.4, -0.2) is 45.7 Å². The number of carbonyl (C=O) groups is 1. The van der Waals surface area contributed by atoms with Gasteiger partial charge in [0.1, 0.15) is 16.3 Å². The molecule has 1 unspecified atom stereocenters. The lowest BCUT2D eigenvalue weighted by molar-refractivity contribution is -0.142. The van der Waals surface area contributed by atoms with Crippen LogP contribution in [0.15, 0.2) is 41.3 Å². The molecule has 204 valence electrons. The Morgan fingerprint density at radius 3 is 2.41 bits per heavy atom. The number of sulfone groups is 1. The highest BCUT2D eigenvalue weighted by Crippen LogP contribution is 2.47. The number of fused-ring (bicyclic) bond motifs is 1. The lowest BCUT2D eigenvalue weighted by Crippen LogP contribution is -2.37. The van der Waals surface area contributed by atoms with Crippen LogP contribution in [-0.2, 0) is 25.1 Å². The van der Waals surface area contributed by atoms with Gasteiger partial charge in [-0.3, -0.25) is 4.79 Å². The number of anilines is 2. The van der Waals surface area contributed by atoms with Crippen molar-refractivity contribution in [3.63, 3.8) is 0 Å². The van der Waals surface area contributed by atoms with Crippen molar-refractivity contribution in [2.75, 3.05) is 31.4 Å². The van der Waals surface area contributed by atoms with Gasteiger partial charge in [-0.2, -0.15) is 0 Å². The van der Waals surface area contributed by atoms with Crippen molar-refractivity contribution in [3.05, 3.63) is 47.8 Å². The second-order valence-electron chi connectivity index (χ2n) is 10.2. The topological polar surface area (TPSA) is 72.9 Å². The fourth-order valence-corrected chi connectivity index (χ4v) is 7.96. The monoisotopic (exact) mass is 551 g/mol. The summed E-state index contributed by atoms with van der Waals surface area (Å²) >= 11 is 1.36. The van der Waals surface area contributed by atoms with Crippen molar-refractivity contribution in [2.24, 2.45) is 5.41 Å². The number of thioether (sulfide) groups is 1. The van der Waals surface area contributed by atoms with Crippen LogP contribution in [0.25, 0.3) is 0 Å². The molecule has 0 aromatic heterocycles. The lowest BCUT2D eigenvalue weighted by Gasteiger charge is -2.36. The number of hydrogen-bond acceptors (Lipinski definition) is 7. The summed E-state index contributed by atoms with van der Waals surface area (Å²) in [5.74, 6) is 0.224. The predicted octanol–water partition coefficient (Wildman–Crippen LogP) is 6.53. The van der Waals surface area contributed by atoms with Crippen LogP contribution in [0.1, 0.15) is 58.9 Å². The quantitative estimate of drug-likeness (QED) is 0.311. The maximum absolute atomic E-state index is 14.0. The average Bonchev–Trinajstić information content (AvgIpc) is 2.97. The van der Waals surface area contributed by atoms with Crippen molar-refractivity contribution >= 4 is 38.9 Å². The van der Waals surface area contributed by atoms with Crippen LogP contribution in [0.5, 0.6) is 5.75 Å². The molecule has 2 aromatic carbocycles. The molecule has 0 amide bonds. The summed E-state index contributed by atoms with van der Waals surface area (Å²) in [7, 11) is -0.774. The van der Waals surface area contributed by atoms with E-state index in [2.05, 4.69) is 6.92 Å². The summed E-state index contributed by atoms with van der Waals surface area (Å²) in [4.78, 5) is 14.4. The summed E-state index contributed by atoms with van der Waals surface area (Å²) in [6.45, 7) is 8.19. The molecule has 0 spiro atoms. The standard InChI is InChI=1S/C28H38FNO5S2/c1-7-9-14-28(8-2)18-30(22-12-10-21(29)11-13-22)23-16-24(34-5)20(15-25(23)37(32,33)19-28)17-36-27(3,4)26(31)35-6/h10-13,15-16H,7-9,14,17-19H2,1-6H3. The van der Waals surface area contributed by atoms with Gasteiger partial charge in [0.2, 0.25) is 0 Å². The largest absolute Gasteiger partial charge is 0.496 e. The van der Waals surface area contributed by atoms with Gasteiger partial charge in [0, 0.05) is 35.0 Å². The van der Waals surface area contributed by atoms with Crippen LogP contribution in [0.3, 0.4) is 0 Å². The molecule has 0 radical (unpaired) electrons. The van der Waals surface area contributed by atoms with Crippen molar-refractivity contribution in [3.8, 4) is 5.75 Å². The molecule has 0 fully saturated rings. The van der Waals surface area contributed by atoms with E-state index < -0.39 is 20.0 Å². The van der Waals surface area contributed by atoms with E-state index in [0.717, 1.165) is 24.9 Å². The third-order valence-corrected chi connectivity index (χ3v) is 10.5. The first-order valence-corrected chi connectivity index (χ1v) is 15.2. The first kappa shape index (κ1) is 29.3. The minimum Gasteiger partial charge on any atom is -0.496 e. The van der Waals surface area contributed by atoms with Gasteiger partial charge < -0.3 is 14.4 Å². The molecule has 0 saturated heterocycles. The number of hydrogen-bond donors (Lipinski definition) is 0. The fraction of sp³-hybridized carbons (Fsp3) is 0.536. The third-order valence-electron chi connectivity index (χ3n) is 7.19. The predicted molar refractivity (Wildman–Crippen MR) is 148 cm³/mol. The molecule has 1 aliphatic heterocycles. The Balaban J connectivity index is 2.19. The van der Waals surface area contributed by atoms with Crippen molar-refractivity contribution in [1.82, 2.24) is 0 Å². The summed E-state index contributed by atoms with van der Waals surface area (Å²) in [5, 5.41) is 0. The highest BCUT2D eigenvalue weighted by atomic mass is 32.2. The van der Waals surface area contributed by atoms with Gasteiger partial charge in [-0.25, -0.2) is 12.8 Å². The number of methoxy groups -OCH3 is 2. The molecule has 2 aromatic rings. The molecule has 37 heavy (non-hydrogen) atoms. The van der Waals surface area contributed by atoms with Gasteiger partial charge in [0.25, 0.3) is 0 Å². The third kappa shape index (κ3) is 6.42. The van der Waals surface area contributed by atoms with Crippen LogP contribution in [0.4, 0.5) is 15.8 Å². The van der Waals surface area contributed by atoms with E-state index in [1.165, 1.54) is 31.0 Å². The normalized spacial score (nSPS) is 19.2. The Kier molecular flexibility index (Phi) is 9.22. The van der Waals surface area contributed by atoms with Crippen LogP contribution in [0, 0.1) is 11.2 Å². The molecule has 0 saturated carbocycles. The van der Waals surface area contributed by atoms with Crippen LogP contribution in [0.2, 0.25) is 0 Å².